The van der Waals surface area contributed by atoms with E-state index in [0.29, 0.717) is 30.1 Å². The van der Waals surface area contributed by atoms with Gasteiger partial charge in [0.15, 0.2) is 23.1 Å². The predicted molar refractivity (Wildman–Crippen MR) is 129 cm³/mol. The number of rotatable bonds is 6. The molecule has 1 atom stereocenters. The van der Waals surface area contributed by atoms with E-state index in [1.807, 2.05) is 0 Å². The van der Waals surface area contributed by atoms with Gasteiger partial charge in [0.05, 0.1) is 19.3 Å². The van der Waals surface area contributed by atoms with Gasteiger partial charge in [-0.3, -0.25) is 0 Å². The second-order valence-corrected chi connectivity index (χ2v) is 9.98. The van der Waals surface area contributed by atoms with E-state index in [-0.39, 0.29) is 35.8 Å². The summed E-state index contributed by atoms with van der Waals surface area (Å²) < 4.78 is 61.9. The largest absolute Gasteiger partial charge is 0.491 e. The maximum absolute atomic E-state index is 15.1. The van der Waals surface area contributed by atoms with Gasteiger partial charge in [-0.1, -0.05) is 31.9 Å². The Morgan fingerprint density at radius 2 is 1.71 bits per heavy atom. The molecule has 3 nitrogen and oxygen atoms in total. The molecule has 0 saturated heterocycles. The van der Waals surface area contributed by atoms with Crippen molar-refractivity contribution >= 4 is 0 Å². The third-order valence-corrected chi connectivity index (χ3v) is 7.76. The van der Waals surface area contributed by atoms with Crippen LogP contribution in [0.4, 0.5) is 13.2 Å². The first-order valence-corrected chi connectivity index (χ1v) is 12.9. The molecule has 1 unspecified atom stereocenters. The van der Waals surface area contributed by atoms with Crippen LogP contribution >= 0.6 is 0 Å². The molecule has 5 rings (SSSR count). The highest BCUT2D eigenvalue weighted by molar-refractivity contribution is 5.55. The third-order valence-electron chi connectivity index (χ3n) is 7.76. The first-order chi connectivity index (χ1) is 17.0. The highest BCUT2D eigenvalue weighted by Crippen LogP contribution is 2.45. The zero-order valence-electron chi connectivity index (χ0n) is 20.5. The first-order valence-electron chi connectivity index (χ1n) is 12.9. The maximum atomic E-state index is 15.1. The van der Waals surface area contributed by atoms with Gasteiger partial charge < -0.3 is 14.2 Å². The lowest BCUT2D eigenvalue weighted by atomic mass is 9.76. The molecule has 0 N–H and O–H groups in total. The zero-order chi connectivity index (χ0) is 24.5. The Bertz CT molecular complexity index is 1120. The molecule has 2 aromatic rings. The van der Waals surface area contributed by atoms with E-state index in [0.717, 1.165) is 5.92 Å². The average Bonchev–Trinajstić information content (AvgIpc) is 2.88. The summed E-state index contributed by atoms with van der Waals surface area (Å²) in [6, 6.07) is 4.86. The van der Waals surface area contributed by atoms with E-state index in [2.05, 4.69) is 13.0 Å². The molecule has 2 heterocycles. The molecule has 1 saturated carbocycles. The first kappa shape index (κ1) is 24.2. The molecule has 0 radical (unpaired) electrons. The van der Waals surface area contributed by atoms with Crippen molar-refractivity contribution in [3.8, 4) is 17.2 Å². The Kier molecular flexibility index (Phi) is 7.10. The molecule has 188 valence electrons. The summed E-state index contributed by atoms with van der Waals surface area (Å²) in [5, 5.41) is 0. The van der Waals surface area contributed by atoms with Crippen molar-refractivity contribution in [2.24, 2.45) is 11.8 Å². The van der Waals surface area contributed by atoms with Gasteiger partial charge in [0.1, 0.15) is 0 Å². The number of halogens is 3. The van der Waals surface area contributed by atoms with Crippen molar-refractivity contribution in [2.75, 3.05) is 13.2 Å². The highest BCUT2D eigenvalue weighted by atomic mass is 19.2. The topological polar surface area (TPSA) is 27.7 Å². The van der Waals surface area contributed by atoms with Crippen molar-refractivity contribution in [1.29, 1.82) is 0 Å². The molecule has 0 bridgehead atoms. The molecule has 6 heteroatoms. The minimum absolute atomic E-state index is 0.0317. The molecule has 35 heavy (non-hydrogen) atoms. The summed E-state index contributed by atoms with van der Waals surface area (Å²) >= 11 is 0. The summed E-state index contributed by atoms with van der Waals surface area (Å²) in [5.74, 6) is -1.75. The van der Waals surface area contributed by atoms with Crippen LogP contribution in [-0.2, 0) is 11.2 Å². The second-order valence-electron chi connectivity index (χ2n) is 9.98. The summed E-state index contributed by atoms with van der Waals surface area (Å²) in [7, 11) is 0. The van der Waals surface area contributed by atoms with Gasteiger partial charge in [-0.25, -0.2) is 4.39 Å². The van der Waals surface area contributed by atoms with Crippen molar-refractivity contribution in [2.45, 2.75) is 71.3 Å². The Hall–Kier alpha value is -2.47. The summed E-state index contributed by atoms with van der Waals surface area (Å²) in [5.41, 5.74) is 2.55. The molecule has 2 aliphatic heterocycles. The Morgan fingerprint density at radius 1 is 0.943 bits per heavy atom. The van der Waals surface area contributed by atoms with Crippen LogP contribution in [-0.4, -0.2) is 13.2 Å². The van der Waals surface area contributed by atoms with Gasteiger partial charge in [-0.15, -0.1) is 0 Å². The standard InChI is InChI=1S/C29H33F3O3/c1-3-5-17-6-8-18(9-7-17)20-11-12-23(34-16-20)22-15-21-14-19-10-13-24(33-4-2)26(31)28(19)35-29(21)27(32)25(22)30/h10-11,13,15,17-18,23H,3-9,12,14,16H2,1-2H3. The van der Waals surface area contributed by atoms with E-state index in [1.54, 1.807) is 25.1 Å². The lowest BCUT2D eigenvalue weighted by molar-refractivity contribution is 0.0505. The fourth-order valence-electron chi connectivity index (χ4n) is 5.88. The van der Waals surface area contributed by atoms with Crippen LogP contribution in [0.5, 0.6) is 17.2 Å². The van der Waals surface area contributed by atoms with E-state index >= 15 is 8.78 Å². The monoisotopic (exact) mass is 486 g/mol. The minimum atomic E-state index is -1.10. The number of hydrogen-bond acceptors (Lipinski definition) is 3. The van der Waals surface area contributed by atoms with E-state index in [9.17, 15) is 4.39 Å². The average molecular weight is 487 g/mol. The molecule has 2 aromatic carbocycles. The van der Waals surface area contributed by atoms with Crippen LogP contribution in [0.15, 0.2) is 29.8 Å². The predicted octanol–water partition coefficient (Wildman–Crippen LogP) is 8.19. The minimum Gasteiger partial charge on any atom is -0.491 e. The number of hydrogen-bond donors (Lipinski definition) is 0. The van der Waals surface area contributed by atoms with Gasteiger partial charge in [0.2, 0.25) is 11.6 Å². The van der Waals surface area contributed by atoms with Gasteiger partial charge in [0.25, 0.3) is 0 Å². The lowest BCUT2D eigenvalue weighted by Crippen LogP contribution is -2.22. The molecule has 1 aliphatic carbocycles. The molecular weight excluding hydrogens is 453 g/mol. The molecule has 0 amide bonds. The van der Waals surface area contributed by atoms with E-state index < -0.39 is 23.6 Å². The SMILES string of the molecule is CCCC1CCC(C2=CCC(c3cc4c(c(F)c3F)Oc3c(ccc(OCC)c3F)C4)OC2)CC1. The van der Waals surface area contributed by atoms with Crippen molar-refractivity contribution < 1.29 is 27.4 Å². The second kappa shape index (κ2) is 10.3. The highest BCUT2D eigenvalue weighted by Gasteiger charge is 2.32. The number of benzene rings is 2. The van der Waals surface area contributed by atoms with Crippen molar-refractivity contribution in [3.05, 3.63) is 64.0 Å². The van der Waals surface area contributed by atoms with Crippen LogP contribution in [0, 0.1) is 29.3 Å². The van der Waals surface area contributed by atoms with E-state index in [4.69, 9.17) is 14.2 Å². The van der Waals surface area contributed by atoms with Gasteiger partial charge in [-0.05, 0) is 68.6 Å². The molecular formula is C29H33F3O3. The molecule has 1 fully saturated rings. The van der Waals surface area contributed by atoms with Gasteiger partial charge in [-0.2, -0.15) is 8.78 Å². The van der Waals surface area contributed by atoms with Crippen molar-refractivity contribution in [1.82, 2.24) is 0 Å². The smallest absolute Gasteiger partial charge is 0.207 e. The number of ether oxygens (including phenoxy) is 3. The van der Waals surface area contributed by atoms with Crippen LogP contribution in [0.25, 0.3) is 0 Å². The zero-order valence-corrected chi connectivity index (χ0v) is 20.5. The van der Waals surface area contributed by atoms with Crippen LogP contribution in [0.2, 0.25) is 0 Å². The van der Waals surface area contributed by atoms with Crippen LogP contribution < -0.4 is 9.47 Å². The van der Waals surface area contributed by atoms with Crippen LogP contribution in [0.1, 0.15) is 81.6 Å². The summed E-state index contributed by atoms with van der Waals surface area (Å²) in [6.07, 6.45) is 9.83. The third kappa shape index (κ3) is 4.69. The fourth-order valence-corrected chi connectivity index (χ4v) is 5.88. The Morgan fingerprint density at radius 3 is 2.40 bits per heavy atom. The summed E-state index contributed by atoms with van der Waals surface area (Å²) in [6.45, 7) is 4.73. The molecule has 0 aromatic heterocycles. The van der Waals surface area contributed by atoms with Crippen LogP contribution in [0.3, 0.4) is 0 Å². The quantitative estimate of drug-likeness (QED) is 0.329. The molecule has 0 spiro atoms. The van der Waals surface area contributed by atoms with Gasteiger partial charge >= 0.3 is 0 Å². The number of fused-ring (bicyclic) bond motifs is 2. The maximum Gasteiger partial charge on any atom is 0.207 e. The van der Waals surface area contributed by atoms with Crippen molar-refractivity contribution in [3.63, 3.8) is 0 Å². The van der Waals surface area contributed by atoms with E-state index in [1.165, 1.54) is 44.1 Å². The normalized spacial score (nSPS) is 23.7. The lowest BCUT2D eigenvalue weighted by Gasteiger charge is -2.33. The Balaban J connectivity index is 1.33. The summed E-state index contributed by atoms with van der Waals surface area (Å²) in [4.78, 5) is 0. The fraction of sp³-hybridized carbons (Fsp3) is 0.517. The Labute approximate surface area is 205 Å². The van der Waals surface area contributed by atoms with Gasteiger partial charge in [0, 0.05) is 23.1 Å². The molecule has 3 aliphatic rings.